The Hall–Kier alpha value is -1.56. The van der Waals surface area contributed by atoms with Gasteiger partial charge in [0.1, 0.15) is 0 Å². The molecule has 1 rings (SSSR count). The fourth-order valence-electron chi connectivity index (χ4n) is 1.22. The van der Waals surface area contributed by atoms with Crippen LogP contribution in [0.15, 0.2) is 6.20 Å². The van der Waals surface area contributed by atoms with Crippen LogP contribution in [-0.4, -0.2) is 34.1 Å². The van der Waals surface area contributed by atoms with E-state index >= 15 is 0 Å². The van der Waals surface area contributed by atoms with Gasteiger partial charge in [-0.25, -0.2) is 4.79 Å². The number of aromatic carboxylic acids is 1. The summed E-state index contributed by atoms with van der Waals surface area (Å²) in [4.78, 5) is 10.7. The molecule has 0 saturated heterocycles. The van der Waals surface area contributed by atoms with E-state index in [0.717, 1.165) is 19.4 Å². The van der Waals surface area contributed by atoms with Crippen LogP contribution < -0.4 is 5.73 Å². The van der Waals surface area contributed by atoms with Gasteiger partial charge in [-0.2, -0.15) is 5.10 Å². The van der Waals surface area contributed by atoms with E-state index in [2.05, 4.69) is 12.0 Å². The third-order valence-corrected chi connectivity index (χ3v) is 2.10. The van der Waals surface area contributed by atoms with E-state index < -0.39 is 5.97 Å². The number of nitrogen functional groups attached to an aromatic ring is 1. The third kappa shape index (κ3) is 3.54. The zero-order valence-corrected chi connectivity index (χ0v) is 9.35. The van der Waals surface area contributed by atoms with Crippen LogP contribution in [0, 0.1) is 0 Å². The molecule has 3 N–H and O–H groups in total. The lowest BCUT2D eigenvalue weighted by molar-refractivity contribution is 0.0689. The summed E-state index contributed by atoms with van der Waals surface area (Å²) in [7, 11) is 0. The number of carbonyl (C=O) groups is 1. The number of hydrogen-bond donors (Lipinski definition) is 2. The van der Waals surface area contributed by atoms with Crippen LogP contribution in [0.5, 0.6) is 0 Å². The highest BCUT2D eigenvalue weighted by atomic mass is 16.5. The quantitative estimate of drug-likeness (QED) is 0.677. The first-order valence-corrected chi connectivity index (χ1v) is 5.29. The van der Waals surface area contributed by atoms with E-state index in [4.69, 9.17) is 15.6 Å². The average molecular weight is 227 g/mol. The second-order valence-electron chi connectivity index (χ2n) is 3.47. The molecule has 1 aromatic rings. The predicted octanol–water partition coefficient (Wildman–Crippen LogP) is 0.980. The van der Waals surface area contributed by atoms with Crippen LogP contribution in [0.2, 0.25) is 0 Å². The number of carboxylic acid groups (broad SMARTS) is 1. The van der Waals surface area contributed by atoms with Gasteiger partial charge in [0.05, 0.1) is 18.8 Å². The average Bonchev–Trinajstić information content (AvgIpc) is 2.59. The topological polar surface area (TPSA) is 90.4 Å². The van der Waals surface area contributed by atoms with Gasteiger partial charge in [-0.3, -0.25) is 4.68 Å². The number of nitrogens with zero attached hydrogens (tertiary/aromatic N) is 2. The van der Waals surface area contributed by atoms with Crippen molar-refractivity contribution in [1.29, 1.82) is 0 Å². The summed E-state index contributed by atoms with van der Waals surface area (Å²) in [6, 6.07) is 0. The second kappa shape index (κ2) is 6.12. The van der Waals surface area contributed by atoms with Crippen molar-refractivity contribution in [3.8, 4) is 0 Å². The highest BCUT2D eigenvalue weighted by molar-refractivity contribution is 5.91. The standard InChI is InChI=1S/C10H17N3O3/c1-2-3-5-16-6-4-13-7-8(11)9(12-13)10(14)15/h7H,2-6,11H2,1H3,(H,14,15). The Bertz CT molecular complexity index is 349. The molecule has 0 saturated carbocycles. The molecule has 0 spiro atoms. The molecule has 0 aliphatic carbocycles. The van der Waals surface area contributed by atoms with Crippen molar-refractivity contribution in [1.82, 2.24) is 9.78 Å². The zero-order chi connectivity index (χ0) is 12.0. The molecule has 0 radical (unpaired) electrons. The lowest BCUT2D eigenvalue weighted by atomic mass is 10.4. The monoisotopic (exact) mass is 227 g/mol. The number of anilines is 1. The van der Waals surface area contributed by atoms with Crippen molar-refractivity contribution in [3.05, 3.63) is 11.9 Å². The minimum absolute atomic E-state index is 0.103. The Morgan fingerprint density at radius 2 is 2.38 bits per heavy atom. The number of rotatable bonds is 7. The summed E-state index contributed by atoms with van der Waals surface area (Å²) in [5.74, 6) is -1.11. The van der Waals surface area contributed by atoms with Crippen molar-refractivity contribution in [2.24, 2.45) is 0 Å². The molecular formula is C10H17N3O3. The van der Waals surface area contributed by atoms with Crippen LogP contribution in [0.3, 0.4) is 0 Å². The molecule has 1 aromatic heterocycles. The van der Waals surface area contributed by atoms with Crippen LogP contribution in [0.1, 0.15) is 30.3 Å². The zero-order valence-electron chi connectivity index (χ0n) is 9.35. The smallest absolute Gasteiger partial charge is 0.358 e. The molecule has 0 aliphatic heterocycles. The molecule has 6 heteroatoms. The minimum atomic E-state index is -1.11. The molecule has 0 aliphatic rings. The fourth-order valence-corrected chi connectivity index (χ4v) is 1.22. The fraction of sp³-hybridized carbons (Fsp3) is 0.600. The molecule has 1 heterocycles. The van der Waals surface area contributed by atoms with Gasteiger partial charge in [0.15, 0.2) is 5.69 Å². The van der Waals surface area contributed by atoms with E-state index in [-0.39, 0.29) is 11.4 Å². The number of nitrogens with two attached hydrogens (primary N) is 1. The summed E-state index contributed by atoms with van der Waals surface area (Å²) in [5.41, 5.74) is 5.57. The van der Waals surface area contributed by atoms with Crippen molar-refractivity contribution in [2.45, 2.75) is 26.3 Å². The van der Waals surface area contributed by atoms with Gasteiger partial charge in [0, 0.05) is 12.8 Å². The highest BCUT2D eigenvalue weighted by Crippen LogP contribution is 2.08. The van der Waals surface area contributed by atoms with Gasteiger partial charge in [-0.1, -0.05) is 13.3 Å². The summed E-state index contributed by atoms with van der Waals surface area (Å²) in [6.45, 7) is 3.84. The Morgan fingerprint density at radius 1 is 1.62 bits per heavy atom. The van der Waals surface area contributed by atoms with Crippen LogP contribution in [0.25, 0.3) is 0 Å². The van der Waals surface area contributed by atoms with Gasteiger partial charge >= 0.3 is 5.97 Å². The van der Waals surface area contributed by atoms with Gasteiger partial charge in [0.25, 0.3) is 0 Å². The number of ether oxygens (including phenoxy) is 1. The molecule has 6 nitrogen and oxygen atoms in total. The van der Waals surface area contributed by atoms with Crippen molar-refractivity contribution in [3.63, 3.8) is 0 Å². The number of aromatic nitrogens is 2. The predicted molar refractivity (Wildman–Crippen MR) is 59.3 cm³/mol. The molecule has 0 amide bonds. The second-order valence-corrected chi connectivity index (χ2v) is 3.47. The van der Waals surface area contributed by atoms with E-state index in [1.165, 1.54) is 10.9 Å². The van der Waals surface area contributed by atoms with E-state index in [1.54, 1.807) is 0 Å². The molecule has 0 unspecified atom stereocenters. The van der Waals surface area contributed by atoms with Crippen molar-refractivity contribution < 1.29 is 14.6 Å². The molecular weight excluding hydrogens is 210 g/mol. The van der Waals surface area contributed by atoms with Gasteiger partial charge in [-0.05, 0) is 6.42 Å². The van der Waals surface area contributed by atoms with Gasteiger partial charge < -0.3 is 15.6 Å². The Kier molecular flexibility index (Phi) is 4.78. The van der Waals surface area contributed by atoms with Crippen LogP contribution >= 0.6 is 0 Å². The Balaban J connectivity index is 2.37. The summed E-state index contributed by atoms with van der Waals surface area (Å²) >= 11 is 0. The Labute approximate surface area is 94.0 Å². The number of unbranched alkanes of at least 4 members (excludes halogenated alkanes) is 1. The molecule has 90 valence electrons. The summed E-state index contributed by atoms with van der Waals surface area (Å²) in [5, 5.41) is 12.6. The van der Waals surface area contributed by atoms with E-state index in [1.807, 2.05) is 0 Å². The molecule has 0 bridgehead atoms. The maximum atomic E-state index is 10.7. The lowest BCUT2D eigenvalue weighted by Crippen LogP contribution is -2.08. The van der Waals surface area contributed by atoms with Crippen molar-refractivity contribution in [2.75, 3.05) is 18.9 Å². The van der Waals surface area contributed by atoms with Crippen molar-refractivity contribution >= 4 is 11.7 Å². The van der Waals surface area contributed by atoms with E-state index in [0.29, 0.717) is 13.2 Å². The maximum Gasteiger partial charge on any atom is 0.358 e. The maximum absolute atomic E-state index is 10.7. The van der Waals surface area contributed by atoms with Crippen LogP contribution in [0.4, 0.5) is 5.69 Å². The number of hydrogen-bond acceptors (Lipinski definition) is 4. The SMILES string of the molecule is CCCCOCCn1cc(N)c(C(=O)O)n1. The number of carboxylic acids is 1. The summed E-state index contributed by atoms with van der Waals surface area (Å²) in [6.07, 6.45) is 3.63. The van der Waals surface area contributed by atoms with Gasteiger partial charge in [-0.15, -0.1) is 0 Å². The lowest BCUT2D eigenvalue weighted by Gasteiger charge is -2.02. The largest absolute Gasteiger partial charge is 0.476 e. The minimum Gasteiger partial charge on any atom is -0.476 e. The molecule has 0 atom stereocenters. The van der Waals surface area contributed by atoms with Gasteiger partial charge in [0.2, 0.25) is 0 Å². The first-order chi connectivity index (χ1) is 7.65. The first-order valence-electron chi connectivity index (χ1n) is 5.29. The normalized spacial score (nSPS) is 10.6. The first kappa shape index (κ1) is 12.5. The van der Waals surface area contributed by atoms with E-state index in [9.17, 15) is 4.79 Å². The molecule has 0 fully saturated rings. The molecule has 16 heavy (non-hydrogen) atoms. The van der Waals surface area contributed by atoms with Crippen LogP contribution in [-0.2, 0) is 11.3 Å². The molecule has 0 aromatic carbocycles. The Morgan fingerprint density at radius 3 is 2.94 bits per heavy atom. The highest BCUT2D eigenvalue weighted by Gasteiger charge is 2.12. The summed E-state index contributed by atoms with van der Waals surface area (Å²) < 4.78 is 6.83. The third-order valence-electron chi connectivity index (χ3n) is 2.10.